The first-order chi connectivity index (χ1) is 13.8. The van der Waals surface area contributed by atoms with Crippen LogP contribution in [-0.2, 0) is 16.0 Å². The number of ether oxygens (including phenoxy) is 1. The number of hydrogen-bond donors (Lipinski definition) is 1. The van der Waals surface area contributed by atoms with E-state index in [-0.39, 0.29) is 18.5 Å². The Labute approximate surface area is 183 Å². The molecule has 156 valence electrons. The van der Waals surface area contributed by atoms with Crippen LogP contribution in [0, 0.1) is 17.8 Å². The molecule has 0 bridgehead atoms. The highest BCUT2D eigenvalue weighted by molar-refractivity contribution is 6.39. The number of esters is 1. The maximum absolute atomic E-state index is 12.8. The number of rotatable bonds is 6. The van der Waals surface area contributed by atoms with Gasteiger partial charge in [0.25, 0.3) is 0 Å². The molecule has 0 aromatic heterocycles. The summed E-state index contributed by atoms with van der Waals surface area (Å²) in [4.78, 5) is 12.8. The second-order valence-corrected chi connectivity index (χ2v) is 9.22. The van der Waals surface area contributed by atoms with E-state index < -0.39 is 0 Å². The highest BCUT2D eigenvalue weighted by atomic mass is 35.5. The summed E-state index contributed by atoms with van der Waals surface area (Å²) in [5, 5.41) is 4.35. The van der Waals surface area contributed by atoms with Crippen molar-refractivity contribution < 1.29 is 9.53 Å². The van der Waals surface area contributed by atoms with Crippen LogP contribution in [0.4, 0.5) is 11.4 Å². The Kier molecular flexibility index (Phi) is 7.48. The summed E-state index contributed by atoms with van der Waals surface area (Å²) in [5.74, 6) is 1.36. The van der Waals surface area contributed by atoms with Crippen molar-refractivity contribution in [2.24, 2.45) is 17.8 Å². The number of carbonyl (C=O) groups is 1. The van der Waals surface area contributed by atoms with E-state index in [1.807, 2.05) is 24.3 Å². The molecule has 0 spiro atoms. The van der Waals surface area contributed by atoms with E-state index >= 15 is 0 Å². The molecule has 1 aliphatic carbocycles. The van der Waals surface area contributed by atoms with E-state index in [2.05, 4.69) is 26.1 Å². The van der Waals surface area contributed by atoms with E-state index in [4.69, 9.17) is 27.9 Å². The SMILES string of the molecule is CC(C)[C@@H]1CC[C@@H](C)C[C@H]1OC(=O)Cc1ccccc1Nc1c(Cl)cccc1Cl. The van der Waals surface area contributed by atoms with Crippen LogP contribution in [0.25, 0.3) is 0 Å². The number of benzene rings is 2. The van der Waals surface area contributed by atoms with E-state index in [0.29, 0.717) is 33.5 Å². The third kappa shape index (κ3) is 5.67. The van der Waals surface area contributed by atoms with Crippen molar-refractivity contribution in [1.82, 2.24) is 0 Å². The monoisotopic (exact) mass is 433 g/mol. The van der Waals surface area contributed by atoms with Gasteiger partial charge in [-0.25, -0.2) is 0 Å². The van der Waals surface area contributed by atoms with Gasteiger partial charge in [0.1, 0.15) is 6.10 Å². The molecule has 1 fully saturated rings. The van der Waals surface area contributed by atoms with Crippen molar-refractivity contribution in [3.05, 3.63) is 58.1 Å². The number of hydrogen-bond acceptors (Lipinski definition) is 3. The summed E-state index contributed by atoms with van der Waals surface area (Å²) in [5.41, 5.74) is 2.30. The van der Waals surface area contributed by atoms with Gasteiger partial charge in [-0.2, -0.15) is 0 Å². The van der Waals surface area contributed by atoms with E-state index in [0.717, 1.165) is 24.1 Å². The fourth-order valence-corrected chi connectivity index (χ4v) is 4.66. The Balaban J connectivity index is 1.72. The Hall–Kier alpha value is -1.71. The van der Waals surface area contributed by atoms with Crippen LogP contribution < -0.4 is 5.32 Å². The van der Waals surface area contributed by atoms with Crippen molar-refractivity contribution in [1.29, 1.82) is 0 Å². The minimum atomic E-state index is -0.186. The normalized spacial score (nSPS) is 21.8. The summed E-state index contributed by atoms with van der Waals surface area (Å²) in [6, 6.07) is 13.0. The van der Waals surface area contributed by atoms with Crippen molar-refractivity contribution >= 4 is 40.5 Å². The zero-order valence-corrected chi connectivity index (χ0v) is 18.8. The molecule has 0 heterocycles. The molecule has 1 N–H and O–H groups in total. The highest BCUT2D eigenvalue weighted by Crippen LogP contribution is 2.36. The molecule has 5 heteroatoms. The zero-order valence-electron chi connectivity index (χ0n) is 17.3. The van der Waals surface area contributed by atoms with Crippen LogP contribution >= 0.6 is 23.2 Å². The predicted octanol–water partition coefficient (Wildman–Crippen LogP) is 7.28. The molecule has 0 unspecified atom stereocenters. The number of halogens is 2. The second kappa shape index (κ2) is 9.86. The number of anilines is 2. The molecule has 3 rings (SSSR count). The summed E-state index contributed by atoms with van der Waals surface area (Å²) in [7, 11) is 0. The first kappa shape index (κ1) is 22.0. The Morgan fingerprint density at radius 2 is 1.79 bits per heavy atom. The Morgan fingerprint density at radius 1 is 1.10 bits per heavy atom. The van der Waals surface area contributed by atoms with Gasteiger partial charge in [0.05, 0.1) is 22.2 Å². The average molecular weight is 434 g/mol. The van der Waals surface area contributed by atoms with Crippen LogP contribution in [0.2, 0.25) is 10.0 Å². The number of carbonyl (C=O) groups excluding carboxylic acids is 1. The molecule has 29 heavy (non-hydrogen) atoms. The van der Waals surface area contributed by atoms with Crippen molar-refractivity contribution in [3.8, 4) is 0 Å². The molecular formula is C24H29Cl2NO2. The van der Waals surface area contributed by atoms with Gasteiger partial charge in [0, 0.05) is 5.69 Å². The smallest absolute Gasteiger partial charge is 0.310 e. The number of nitrogens with one attached hydrogen (secondary N) is 1. The fraction of sp³-hybridized carbons (Fsp3) is 0.458. The van der Waals surface area contributed by atoms with Crippen molar-refractivity contribution in [2.45, 2.75) is 52.6 Å². The van der Waals surface area contributed by atoms with Crippen molar-refractivity contribution in [3.63, 3.8) is 0 Å². The van der Waals surface area contributed by atoms with Gasteiger partial charge in [-0.15, -0.1) is 0 Å². The molecule has 3 nitrogen and oxygen atoms in total. The van der Waals surface area contributed by atoms with Crippen LogP contribution in [0.3, 0.4) is 0 Å². The lowest BCUT2D eigenvalue weighted by Crippen LogP contribution is -2.36. The molecule has 3 atom stereocenters. The van der Waals surface area contributed by atoms with Crippen LogP contribution in [0.1, 0.15) is 45.6 Å². The van der Waals surface area contributed by atoms with E-state index in [1.54, 1.807) is 18.2 Å². The molecule has 2 aromatic carbocycles. The molecule has 0 aliphatic heterocycles. The van der Waals surface area contributed by atoms with Crippen LogP contribution in [-0.4, -0.2) is 12.1 Å². The molecule has 0 amide bonds. The summed E-state index contributed by atoms with van der Waals surface area (Å²) in [6.07, 6.45) is 3.50. The third-order valence-electron chi connectivity index (χ3n) is 5.82. The minimum absolute atomic E-state index is 0.00406. The van der Waals surface area contributed by atoms with E-state index in [1.165, 1.54) is 6.42 Å². The standard InChI is InChI=1S/C24H29Cl2NO2/c1-15(2)18-12-11-16(3)13-22(18)29-23(28)14-17-7-4-5-10-21(17)27-24-19(25)8-6-9-20(24)26/h4-10,15-16,18,22,27H,11-14H2,1-3H3/t16-,18+,22-/m1/s1. The first-order valence-electron chi connectivity index (χ1n) is 10.3. The Bertz CT molecular complexity index is 832. The minimum Gasteiger partial charge on any atom is -0.462 e. The maximum atomic E-state index is 12.8. The predicted molar refractivity (Wildman–Crippen MR) is 121 cm³/mol. The lowest BCUT2D eigenvalue weighted by Gasteiger charge is -2.36. The molecule has 0 saturated heterocycles. The molecule has 0 radical (unpaired) electrons. The van der Waals surface area contributed by atoms with Gasteiger partial charge < -0.3 is 10.1 Å². The fourth-order valence-electron chi connectivity index (χ4n) is 4.16. The quantitative estimate of drug-likeness (QED) is 0.486. The van der Waals surface area contributed by atoms with Gasteiger partial charge in [0.15, 0.2) is 0 Å². The third-order valence-corrected chi connectivity index (χ3v) is 6.45. The number of para-hydroxylation sites is 2. The van der Waals surface area contributed by atoms with Gasteiger partial charge in [-0.05, 0) is 54.4 Å². The maximum Gasteiger partial charge on any atom is 0.310 e. The molecule has 2 aromatic rings. The van der Waals surface area contributed by atoms with E-state index in [9.17, 15) is 4.79 Å². The average Bonchev–Trinajstić information content (AvgIpc) is 2.66. The van der Waals surface area contributed by atoms with Crippen LogP contribution in [0.5, 0.6) is 0 Å². The first-order valence-corrected chi connectivity index (χ1v) is 11.1. The van der Waals surface area contributed by atoms with Crippen LogP contribution in [0.15, 0.2) is 42.5 Å². The largest absolute Gasteiger partial charge is 0.462 e. The van der Waals surface area contributed by atoms with Gasteiger partial charge in [-0.1, -0.05) is 74.7 Å². The second-order valence-electron chi connectivity index (χ2n) is 8.41. The lowest BCUT2D eigenvalue weighted by atomic mass is 9.75. The summed E-state index contributed by atoms with van der Waals surface area (Å²) < 4.78 is 5.97. The molecule has 1 saturated carbocycles. The highest BCUT2D eigenvalue weighted by Gasteiger charge is 2.33. The molecular weight excluding hydrogens is 405 g/mol. The zero-order chi connectivity index (χ0) is 21.0. The van der Waals surface area contributed by atoms with Crippen molar-refractivity contribution in [2.75, 3.05) is 5.32 Å². The summed E-state index contributed by atoms with van der Waals surface area (Å²) in [6.45, 7) is 6.67. The Morgan fingerprint density at radius 3 is 2.48 bits per heavy atom. The molecule has 1 aliphatic rings. The van der Waals surface area contributed by atoms with Gasteiger partial charge >= 0.3 is 5.97 Å². The topological polar surface area (TPSA) is 38.3 Å². The van der Waals surface area contributed by atoms with Gasteiger partial charge in [-0.3, -0.25) is 4.79 Å². The lowest BCUT2D eigenvalue weighted by molar-refractivity contribution is -0.155. The summed E-state index contributed by atoms with van der Waals surface area (Å²) >= 11 is 12.6. The van der Waals surface area contributed by atoms with Gasteiger partial charge in [0.2, 0.25) is 0 Å².